The summed E-state index contributed by atoms with van der Waals surface area (Å²) in [6.07, 6.45) is -0.561. The Morgan fingerprint density at radius 3 is 1.48 bits per heavy atom. The average Bonchev–Trinajstić information content (AvgIpc) is 3.01. The lowest BCUT2D eigenvalue weighted by atomic mass is 10.00. The van der Waals surface area contributed by atoms with Gasteiger partial charge in [0.1, 0.15) is 0 Å². The smallest absolute Gasteiger partial charge is 0.288 e. The first-order valence-electron chi connectivity index (χ1n) is 9.64. The number of para-hydroxylation sites is 2. The number of benzene rings is 3. The predicted molar refractivity (Wildman–Crippen MR) is 116 cm³/mol. The number of rotatable bonds is 6. The van der Waals surface area contributed by atoms with Crippen LogP contribution in [0.1, 0.15) is 6.42 Å². The van der Waals surface area contributed by atoms with Crippen LogP contribution < -0.4 is 10.0 Å². The molecule has 0 saturated carbocycles. The zero-order valence-corrected chi connectivity index (χ0v) is 17.3. The van der Waals surface area contributed by atoms with Crippen LogP contribution in [-0.4, -0.2) is 36.7 Å². The molecule has 31 heavy (non-hydrogen) atoms. The molecule has 1 saturated heterocycles. The first-order valence-corrected chi connectivity index (χ1v) is 11.3. The van der Waals surface area contributed by atoms with Gasteiger partial charge in [0, 0.05) is 6.42 Å². The Balaban J connectivity index is 1.71. The van der Waals surface area contributed by atoms with Gasteiger partial charge in [0.2, 0.25) is 5.60 Å². The summed E-state index contributed by atoms with van der Waals surface area (Å²) in [5, 5.41) is 13.3. The van der Waals surface area contributed by atoms with Gasteiger partial charge in [0.05, 0.1) is 22.0 Å². The van der Waals surface area contributed by atoms with E-state index in [1.165, 1.54) is 12.1 Å². The second kappa shape index (κ2) is 7.98. The molecule has 2 amide bonds. The molecular weight excluding hydrogens is 416 g/mol. The Labute approximate surface area is 180 Å². The van der Waals surface area contributed by atoms with E-state index in [1.54, 1.807) is 78.9 Å². The van der Waals surface area contributed by atoms with Crippen LogP contribution in [0.15, 0.2) is 95.9 Å². The summed E-state index contributed by atoms with van der Waals surface area (Å²) < 4.78 is 25.4. The molecule has 7 nitrogen and oxygen atoms in total. The lowest BCUT2D eigenvalue weighted by molar-refractivity contribution is -0.144. The molecule has 0 aliphatic carbocycles. The highest BCUT2D eigenvalue weighted by atomic mass is 32.2. The van der Waals surface area contributed by atoms with Gasteiger partial charge in [-0.15, -0.1) is 0 Å². The molecule has 3 aromatic rings. The normalized spacial score (nSPS) is 16.0. The summed E-state index contributed by atoms with van der Waals surface area (Å²) in [6, 6.07) is 24.6. The molecule has 1 aliphatic rings. The third-order valence-corrected chi connectivity index (χ3v) is 6.86. The van der Waals surface area contributed by atoms with Crippen molar-refractivity contribution in [2.45, 2.75) is 16.9 Å². The second-order valence-electron chi connectivity index (χ2n) is 7.15. The van der Waals surface area contributed by atoms with E-state index >= 15 is 0 Å². The second-order valence-corrected chi connectivity index (χ2v) is 9.26. The number of nitrogens with zero attached hydrogens (tertiary/aromatic N) is 2. The summed E-state index contributed by atoms with van der Waals surface area (Å²) in [5.74, 6) is -2.34. The van der Waals surface area contributed by atoms with Gasteiger partial charge < -0.3 is 5.11 Å². The Morgan fingerprint density at radius 1 is 0.677 bits per heavy atom. The molecule has 1 heterocycles. The highest BCUT2D eigenvalue weighted by Crippen LogP contribution is 2.35. The number of carbonyl (C=O) groups excluding carboxylic acids is 2. The predicted octanol–water partition coefficient (Wildman–Crippen LogP) is 2.58. The molecule has 4 rings (SSSR count). The van der Waals surface area contributed by atoms with Crippen molar-refractivity contribution in [3.8, 4) is 0 Å². The molecular formula is C23H20N2O5S. The minimum atomic E-state index is -3.80. The topological polar surface area (TPSA) is 95.0 Å². The summed E-state index contributed by atoms with van der Waals surface area (Å²) in [5.41, 5.74) is -1.74. The number of carbonyl (C=O) groups is 2. The number of amides is 2. The summed E-state index contributed by atoms with van der Waals surface area (Å²) in [4.78, 5) is 26.7. The number of anilines is 2. The molecule has 0 aromatic heterocycles. The Morgan fingerprint density at radius 2 is 1.06 bits per heavy atom. The highest BCUT2D eigenvalue weighted by Gasteiger charge is 2.58. The molecule has 0 radical (unpaired) electrons. The molecule has 1 aliphatic heterocycles. The van der Waals surface area contributed by atoms with Crippen LogP contribution in [0.2, 0.25) is 0 Å². The van der Waals surface area contributed by atoms with Gasteiger partial charge in [0.15, 0.2) is 9.84 Å². The molecule has 0 atom stereocenters. The molecule has 0 unspecified atom stereocenters. The number of aliphatic hydroxyl groups is 1. The van der Waals surface area contributed by atoms with E-state index in [1.807, 2.05) is 0 Å². The maximum Gasteiger partial charge on any atom is 0.288 e. The molecule has 158 valence electrons. The van der Waals surface area contributed by atoms with Crippen molar-refractivity contribution in [1.82, 2.24) is 0 Å². The van der Waals surface area contributed by atoms with E-state index in [0.29, 0.717) is 11.4 Å². The minimum absolute atomic E-state index is 0.0660. The van der Waals surface area contributed by atoms with E-state index in [2.05, 4.69) is 0 Å². The van der Waals surface area contributed by atoms with Crippen molar-refractivity contribution in [2.24, 2.45) is 0 Å². The van der Waals surface area contributed by atoms with E-state index in [0.717, 1.165) is 10.0 Å². The van der Waals surface area contributed by atoms with Gasteiger partial charge in [-0.1, -0.05) is 54.6 Å². The fourth-order valence-electron chi connectivity index (χ4n) is 3.47. The largest absolute Gasteiger partial charge is 0.371 e. The maximum atomic E-state index is 13.3. The van der Waals surface area contributed by atoms with Crippen LogP contribution in [0.5, 0.6) is 0 Å². The van der Waals surface area contributed by atoms with Crippen LogP contribution in [-0.2, 0) is 19.4 Å². The molecule has 0 bridgehead atoms. The first kappa shape index (κ1) is 20.8. The van der Waals surface area contributed by atoms with E-state index in [-0.39, 0.29) is 4.90 Å². The van der Waals surface area contributed by atoms with Crippen molar-refractivity contribution in [3.63, 3.8) is 0 Å². The van der Waals surface area contributed by atoms with Crippen LogP contribution in [0.3, 0.4) is 0 Å². The van der Waals surface area contributed by atoms with Gasteiger partial charge in [-0.2, -0.15) is 0 Å². The zero-order valence-electron chi connectivity index (χ0n) is 16.5. The van der Waals surface area contributed by atoms with Gasteiger partial charge in [0.25, 0.3) is 11.8 Å². The summed E-state index contributed by atoms with van der Waals surface area (Å²) in [7, 11) is -3.80. The minimum Gasteiger partial charge on any atom is -0.371 e. The third-order valence-electron chi connectivity index (χ3n) is 5.13. The molecule has 1 N–H and O–H groups in total. The number of hydrogen-bond donors (Lipinski definition) is 1. The first-order chi connectivity index (χ1) is 14.8. The Hall–Kier alpha value is -3.49. The summed E-state index contributed by atoms with van der Waals surface area (Å²) >= 11 is 0. The number of sulfone groups is 1. The average molecular weight is 436 g/mol. The molecule has 3 aromatic carbocycles. The molecule has 1 fully saturated rings. The summed E-state index contributed by atoms with van der Waals surface area (Å²) in [6.45, 7) is 0. The van der Waals surface area contributed by atoms with Crippen molar-refractivity contribution in [1.29, 1.82) is 0 Å². The van der Waals surface area contributed by atoms with Gasteiger partial charge in [-0.05, 0) is 36.4 Å². The van der Waals surface area contributed by atoms with Crippen LogP contribution in [0.4, 0.5) is 11.4 Å². The van der Waals surface area contributed by atoms with Crippen molar-refractivity contribution in [3.05, 3.63) is 91.0 Å². The van der Waals surface area contributed by atoms with Gasteiger partial charge >= 0.3 is 0 Å². The van der Waals surface area contributed by atoms with Gasteiger partial charge in [-0.25, -0.2) is 18.4 Å². The number of hydrazine groups is 1. The Kier molecular flexibility index (Phi) is 5.34. The third kappa shape index (κ3) is 3.71. The molecule has 0 spiro atoms. The monoisotopic (exact) mass is 436 g/mol. The van der Waals surface area contributed by atoms with Crippen LogP contribution in [0, 0.1) is 0 Å². The van der Waals surface area contributed by atoms with E-state index in [4.69, 9.17) is 0 Å². The number of hydrogen-bond acceptors (Lipinski definition) is 5. The lowest BCUT2D eigenvalue weighted by Gasteiger charge is -2.27. The Bertz CT molecular complexity index is 1140. The maximum absolute atomic E-state index is 13.3. The fourth-order valence-corrected chi connectivity index (χ4v) is 4.84. The standard InChI is InChI=1S/C23H20N2O5S/c26-21-23(28,16-17-31(29,30)20-14-8-3-9-15-20)22(27)25(19-12-6-2-7-13-19)24(21)18-10-4-1-5-11-18/h1-15,28H,16-17H2. The van der Waals surface area contributed by atoms with Crippen molar-refractivity contribution in [2.75, 3.05) is 15.8 Å². The van der Waals surface area contributed by atoms with E-state index in [9.17, 15) is 23.1 Å². The van der Waals surface area contributed by atoms with Gasteiger partial charge in [-0.3, -0.25) is 9.59 Å². The quantitative estimate of drug-likeness (QED) is 0.600. The van der Waals surface area contributed by atoms with Crippen LogP contribution >= 0.6 is 0 Å². The van der Waals surface area contributed by atoms with Crippen LogP contribution in [0.25, 0.3) is 0 Å². The van der Waals surface area contributed by atoms with Crippen molar-refractivity contribution < 1.29 is 23.1 Å². The zero-order chi connectivity index (χ0) is 22.1. The fraction of sp³-hybridized carbons (Fsp3) is 0.130. The van der Waals surface area contributed by atoms with E-state index < -0.39 is 39.4 Å². The molecule has 8 heteroatoms. The van der Waals surface area contributed by atoms with Crippen molar-refractivity contribution >= 4 is 33.0 Å². The highest BCUT2D eigenvalue weighted by molar-refractivity contribution is 7.91. The lowest BCUT2D eigenvalue weighted by Crippen LogP contribution is -2.45. The SMILES string of the molecule is O=C1N(c2ccccc2)N(c2ccccc2)C(=O)C1(O)CCS(=O)(=O)c1ccccc1.